The molecular formula is C15H22O3. The van der Waals surface area contributed by atoms with Gasteiger partial charge in [0.2, 0.25) is 0 Å². The maximum Gasteiger partial charge on any atom is 0.0648 e. The highest BCUT2D eigenvalue weighted by molar-refractivity contribution is 5.30. The highest BCUT2D eigenvalue weighted by Gasteiger charge is 2.32. The van der Waals surface area contributed by atoms with Crippen LogP contribution in [0, 0.1) is 12.8 Å². The smallest absolute Gasteiger partial charge is 0.0648 e. The molecular weight excluding hydrogens is 228 g/mol. The maximum atomic E-state index is 9.66. The van der Waals surface area contributed by atoms with E-state index in [0.717, 1.165) is 17.7 Å². The van der Waals surface area contributed by atoms with Crippen LogP contribution in [0.15, 0.2) is 24.3 Å². The van der Waals surface area contributed by atoms with Gasteiger partial charge in [0.25, 0.3) is 0 Å². The number of aryl methyl sites for hydroxylation is 1. The van der Waals surface area contributed by atoms with Gasteiger partial charge in [-0.3, -0.25) is 0 Å². The molecule has 1 fully saturated rings. The van der Waals surface area contributed by atoms with Gasteiger partial charge in [0.05, 0.1) is 25.2 Å². The van der Waals surface area contributed by atoms with Gasteiger partial charge in [-0.1, -0.05) is 29.8 Å². The van der Waals surface area contributed by atoms with Crippen molar-refractivity contribution in [2.45, 2.75) is 25.2 Å². The first kappa shape index (κ1) is 13.5. The summed E-state index contributed by atoms with van der Waals surface area (Å²) < 4.78 is 5.68. The topological polar surface area (TPSA) is 49.7 Å². The third-order valence-corrected chi connectivity index (χ3v) is 3.66. The van der Waals surface area contributed by atoms with Crippen LogP contribution in [0.2, 0.25) is 0 Å². The van der Waals surface area contributed by atoms with Crippen LogP contribution in [0.5, 0.6) is 0 Å². The fourth-order valence-electron chi connectivity index (χ4n) is 2.09. The second-order valence-electron chi connectivity index (χ2n) is 5.42. The Kier molecular flexibility index (Phi) is 4.38. The Balaban J connectivity index is 2.08. The van der Waals surface area contributed by atoms with Crippen molar-refractivity contribution in [2.75, 3.05) is 26.4 Å². The van der Waals surface area contributed by atoms with Crippen LogP contribution in [-0.2, 0) is 10.2 Å². The number of aliphatic hydroxyl groups is 2. The molecule has 0 unspecified atom stereocenters. The summed E-state index contributed by atoms with van der Waals surface area (Å²) in [7, 11) is 0. The number of ether oxygens (including phenoxy) is 1. The fraction of sp³-hybridized carbons (Fsp3) is 0.600. The van der Waals surface area contributed by atoms with Crippen molar-refractivity contribution < 1.29 is 14.9 Å². The Labute approximate surface area is 108 Å². The van der Waals surface area contributed by atoms with E-state index >= 15 is 0 Å². The zero-order chi connectivity index (χ0) is 13.0. The lowest BCUT2D eigenvalue weighted by Gasteiger charge is -2.30. The molecule has 1 aliphatic carbocycles. The van der Waals surface area contributed by atoms with Crippen LogP contribution < -0.4 is 0 Å². The largest absolute Gasteiger partial charge is 0.395 e. The third kappa shape index (κ3) is 3.10. The summed E-state index contributed by atoms with van der Waals surface area (Å²) in [5.41, 5.74) is 1.39. The van der Waals surface area contributed by atoms with Gasteiger partial charge < -0.3 is 14.9 Å². The fourth-order valence-corrected chi connectivity index (χ4v) is 2.09. The normalized spacial score (nSPS) is 15.9. The number of hydrogen-bond acceptors (Lipinski definition) is 3. The van der Waals surface area contributed by atoms with Crippen molar-refractivity contribution in [3.05, 3.63) is 35.4 Å². The molecule has 0 atom stereocenters. The SMILES string of the molecule is Cc1cccc(C(CO)(CO)COCC2CC2)c1. The molecule has 2 rings (SSSR count). The molecule has 0 radical (unpaired) electrons. The molecule has 1 aliphatic rings. The number of rotatable bonds is 7. The van der Waals surface area contributed by atoms with E-state index in [4.69, 9.17) is 4.74 Å². The lowest BCUT2D eigenvalue weighted by Crippen LogP contribution is -2.40. The Bertz CT molecular complexity index is 381. The van der Waals surface area contributed by atoms with E-state index in [2.05, 4.69) is 0 Å². The highest BCUT2D eigenvalue weighted by atomic mass is 16.5. The van der Waals surface area contributed by atoms with Gasteiger partial charge in [0, 0.05) is 6.61 Å². The van der Waals surface area contributed by atoms with Crippen LogP contribution in [0.1, 0.15) is 24.0 Å². The first-order valence-electron chi connectivity index (χ1n) is 6.57. The first-order valence-corrected chi connectivity index (χ1v) is 6.57. The number of aliphatic hydroxyl groups excluding tert-OH is 2. The highest BCUT2D eigenvalue weighted by Crippen LogP contribution is 2.30. The van der Waals surface area contributed by atoms with E-state index in [1.54, 1.807) is 0 Å². The van der Waals surface area contributed by atoms with Gasteiger partial charge in [-0.05, 0) is 31.2 Å². The summed E-state index contributed by atoms with van der Waals surface area (Å²) in [5, 5.41) is 19.3. The average Bonchev–Trinajstić information content (AvgIpc) is 3.19. The van der Waals surface area contributed by atoms with Crippen molar-refractivity contribution in [2.24, 2.45) is 5.92 Å². The maximum absolute atomic E-state index is 9.66. The first-order chi connectivity index (χ1) is 8.70. The van der Waals surface area contributed by atoms with E-state index in [1.165, 1.54) is 12.8 Å². The van der Waals surface area contributed by atoms with Crippen LogP contribution in [0.25, 0.3) is 0 Å². The Hall–Kier alpha value is -0.900. The minimum Gasteiger partial charge on any atom is -0.395 e. The molecule has 0 saturated heterocycles. The second kappa shape index (κ2) is 5.83. The van der Waals surface area contributed by atoms with Crippen molar-refractivity contribution in [3.63, 3.8) is 0 Å². The van der Waals surface area contributed by atoms with Gasteiger partial charge in [0.15, 0.2) is 0 Å². The zero-order valence-electron chi connectivity index (χ0n) is 10.9. The summed E-state index contributed by atoms with van der Waals surface area (Å²) in [6, 6.07) is 7.91. The lowest BCUT2D eigenvalue weighted by atomic mass is 9.82. The van der Waals surface area contributed by atoms with Gasteiger partial charge in [-0.15, -0.1) is 0 Å². The number of benzene rings is 1. The molecule has 100 valence electrons. The van der Waals surface area contributed by atoms with Gasteiger partial charge in [-0.2, -0.15) is 0 Å². The third-order valence-electron chi connectivity index (χ3n) is 3.66. The molecule has 1 aromatic rings. The molecule has 0 bridgehead atoms. The minimum atomic E-state index is -0.680. The van der Waals surface area contributed by atoms with Crippen LogP contribution in [0.4, 0.5) is 0 Å². The molecule has 0 aromatic heterocycles. The quantitative estimate of drug-likeness (QED) is 0.773. The Morgan fingerprint density at radius 3 is 2.56 bits per heavy atom. The molecule has 0 aliphatic heterocycles. The van der Waals surface area contributed by atoms with Gasteiger partial charge in [-0.25, -0.2) is 0 Å². The van der Waals surface area contributed by atoms with E-state index in [-0.39, 0.29) is 13.2 Å². The van der Waals surface area contributed by atoms with Crippen molar-refractivity contribution in [3.8, 4) is 0 Å². The Morgan fingerprint density at radius 2 is 2.00 bits per heavy atom. The monoisotopic (exact) mass is 250 g/mol. The molecule has 0 heterocycles. The molecule has 18 heavy (non-hydrogen) atoms. The molecule has 0 amide bonds. The Morgan fingerprint density at radius 1 is 1.28 bits per heavy atom. The molecule has 3 nitrogen and oxygen atoms in total. The van der Waals surface area contributed by atoms with E-state index in [9.17, 15) is 10.2 Å². The number of hydrogen-bond donors (Lipinski definition) is 2. The average molecular weight is 250 g/mol. The minimum absolute atomic E-state index is 0.0996. The molecule has 1 aromatic carbocycles. The van der Waals surface area contributed by atoms with Gasteiger partial charge in [0.1, 0.15) is 0 Å². The van der Waals surface area contributed by atoms with Crippen molar-refractivity contribution in [1.82, 2.24) is 0 Å². The van der Waals surface area contributed by atoms with E-state index in [0.29, 0.717) is 12.5 Å². The molecule has 0 spiro atoms. The summed E-state index contributed by atoms with van der Waals surface area (Å²) in [6.45, 7) is 2.93. The van der Waals surface area contributed by atoms with E-state index in [1.807, 2.05) is 31.2 Å². The summed E-state index contributed by atoms with van der Waals surface area (Å²) in [4.78, 5) is 0. The standard InChI is InChI=1S/C15H22O3/c1-12-3-2-4-14(7-12)15(9-16,10-17)11-18-8-13-5-6-13/h2-4,7,13,16-17H,5-6,8-11H2,1H3. The van der Waals surface area contributed by atoms with Crippen molar-refractivity contribution >= 4 is 0 Å². The van der Waals surface area contributed by atoms with Crippen LogP contribution >= 0.6 is 0 Å². The van der Waals surface area contributed by atoms with Crippen LogP contribution in [0.3, 0.4) is 0 Å². The molecule has 1 saturated carbocycles. The summed E-state index contributed by atoms with van der Waals surface area (Å²) >= 11 is 0. The lowest BCUT2D eigenvalue weighted by molar-refractivity contribution is 0.0164. The second-order valence-corrected chi connectivity index (χ2v) is 5.42. The summed E-state index contributed by atoms with van der Waals surface area (Å²) in [6.07, 6.45) is 2.49. The zero-order valence-corrected chi connectivity index (χ0v) is 10.9. The van der Waals surface area contributed by atoms with Gasteiger partial charge >= 0.3 is 0 Å². The van der Waals surface area contributed by atoms with Crippen LogP contribution in [-0.4, -0.2) is 36.6 Å². The molecule has 3 heteroatoms. The summed E-state index contributed by atoms with van der Waals surface area (Å²) in [5.74, 6) is 0.692. The predicted molar refractivity (Wildman–Crippen MR) is 70.6 cm³/mol. The molecule has 2 N–H and O–H groups in total. The predicted octanol–water partition coefficient (Wildman–Crippen LogP) is 1.64. The van der Waals surface area contributed by atoms with Crippen molar-refractivity contribution in [1.29, 1.82) is 0 Å². The van der Waals surface area contributed by atoms with E-state index < -0.39 is 5.41 Å².